The number of anilines is 1. The van der Waals surface area contributed by atoms with Gasteiger partial charge in [-0.2, -0.15) is 0 Å². The number of halogens is 1. The average molecular weight is 274 g/mol. The van der Waals surface area contributed by atoms with Gasteiger partial charge in [-0.3, -0.25) is 0 Å². The second kappa shape index (κ2) is 4.86. The molecule has 0 aliphatic carbocycles. The van der Waals surface area contributed by atoms with Crippen molar-refractivity contribution in [2.24, 2.45) is 0 Å². The van der Waals surface area contributed by atoms with Crippen molar-refractivity contribution >= 4 is 27.1 Å². The largest absolute Gasteiger partial charge is 0.380 e. The molecule has 1 N–H and O–H groups in total. The highest BCUT2D eigenvalue weighted by Gasteiger charge is 2.25. The van der Waals surface area contributed by atoms with Crippen molar-refractivity contribution in [3.8, 4) is 0 Å². The number of hydrogen-bond acceptors (Lipinski definition) is 3. The highest BCUT2D eigenvalue weighted by atomic mass is 35.5. The zero-order chi connectivity index (χ0) is 12.5. The van der Waals surface area contributed by atoms with Gasteiger partial charge in [0, 0.05) is 6.04 Å². The molecule has 1 aliphatic rings. The molecule has 0 bridgehead atoms. The van der Waals surface area contributed by atoms with E-state index in [2.05, 4.69) is 5.32 Å². The van der Waals surface area contributed by atoms with E-state index in [9.17, 15) is 8.42 Å². The lowest BCUT2D eigenvalue weighted by Gasteiger charge is -2.25. The monoisotopic (exact) mass is 273 g/mol. The molecule has 0 radical (unpaired) electrons. The van der Waals surface area contributed by atoms with Gasteiger partial charge in [0.25, 0.3) is 0 Å². The third kappa shape index (κ3) is 3.13. The van der Waals surface area contributed by atoms with E-state index < -0.39 is 9.84 Å². The van der Waals surface area contributed by atoms with Gasteiger partial charge >= 0.3 is 0 Å². The molecular formula is C12H16ClNO2S. The number of benzene rings is 1. The van der Waals surface area contributed by atoms with Crippen LogP contribution in [0.3, 0.4) is 0 Å². The van der Waals surface area contributed by atoms with Gasteiger partial charge in [-0.15, -0.1) is 0 Å². The van der Waals surface area contributed by atoms with Crippen molar-refractivity contribution in [1.82, 2.24) is 0 Å². The molecule has 5 heteroatoms. The fraction of sp³-hybridized carbons (Fsp3) is 0.500. The number of aryl methyl sites for hydroxylation is 1. The number of sulfone groups is 1. The van der Waals surface area contributed by atoms with Crippen molar-refractivity contribution in [3.05, 3.63) is 28.8 Å². The zero-order valence-electron chi connectivity index (χ0n) is 9.74. The summed E-state index contributed by atoms with van der Waals surface area (Å²) in [4.78, 5) is 0. The van der Waals surface area contributed by atoms with Gasteiger partial charge in [0.05, 0.1) is 22.2 Å². The third-order valence-corrected chi connectivity index (χ3v) is 5.17. The van der Waals surface area contributed by atoms with Crippen molar-refractivity contribution in [3.63, 3.8) is 0 Å². The summed E-state index contributed by atoms with van der Waals surface area (Å²) in [5.41, 5.74) is 1.90. The maximum Gasteiger partial charge on any atom is 0.152 e. The summed E-state index contributed by atoms with van der Waals surface area (Å²) < 4.78 is 23.1. The Labute approximate surface area is 107 Å². The van der Waals surface area contributed by atoms with Gasteiger partial charge in [-0.05, 0) is 31.4 Å². The molecule has 1 aromatic carbocycles. The van der Waals surface area contributed by atoms with E-state index in [1.54, 1.807) is 0 Å². The van der Waals surface area contributed by atoms with E-state index in [0.29, 0.717) is 10.8 Å². The fourth-order valence-corrected chi connectivity index (χ4v) is 4.07. The molecule has 1 unspecified atom stereocenters. The standard InChI is InChI=1S/C12H16ClNO2S/c1-9-4-2-6-11(13)12(9)14-10-5-3-7-17(15,16)8-10/h2,4,6,10,14H,3,5,7-8H2,1H3. The summed E-state index contributed by atoms with van der Waals surface area (Å²) in [5.74, 6) is 0.518. The SMILES string of the molecule is Cc1cccc(Cl)c1NC1CCCS(=O)(=O)C1. The lowest BCUT2D eigenvalue weighted by atomic mass is 10.1. The van der Waals surface area contributed by atoms with Crippen LogP contribution in [0, 0.1) is 6.92 Å². The predicted octanol–water partition coefficient (Wildman–Crippen LogP) is 2.64. The summed E-state index contributed by atoms with van der Waals surface area (Å²) >= 11 is 6.11. The number of hydrogen-bond donors (Lipinski definition) is 1. The van der Waals surface area contributed by atoms with Crippen molar-refractivity contribution in [1.29, 1.82) is 0 Å². The Hall–Kier alpha value is -0.740. The molecule has 0 aromatic heterocycles. The first-order valence-electron chi connectivity index (χ1n) is 5.70. The van der Waals surface area contributed by atoms with Crippen LogP contribution in [0.4, 0.5) is 5.69 Å². The van der Waals surface area contributed by atoms with Crippen LogP contribution >= 0.6 is 11.6 Å². The van der Waals surface area contributed by atoms with Gasteiger partial charge in [0.15, 0.2) is 9.84 Å². The number of rotatable bonds is 2. The zero-order valence-corrected chi connectivity index (χ0v) is 11.3. The first-order valence-corrected chi connectivity index (χ1v) is 7.90. The Bertz CT molecular complexity index is 493. The molecule has 1 heterocycles. The van der Waals surface area contributed by atoms with Crippen LogP contribution in [0.5, 0.6) is 0 Å². The van der Waals surface area contributed by atoms with Crippen LogP contribution in [0.25, 0.3) is 0 Å². The minimum atomic E-state index is -2.88. The molecule has 1 aromatic rings. The Morgan fingerprint density at radius 3 is 2.82 bits per heavy atom. The summed E-state index contributed by atoms with van der Waals surface area (Å²) in [6, 6.07) is 5.65. The molecule has 1 atom stereocenters. The van der Waals surface area contributed by atoms with E-state index in [4.69, 9.17) is 11.6 Å². The predicted molar refractivity (Wildman–Crippen MR) is 71.5 cm³/mol. The topological polar surface area (TPSA) is 46.2 Å². The molecule has 17 heavy (non-hydrogen) atoms. The van der Waals surface area contributed by atoms with E-state index in [1.807, 2.05) is 25.1 Å². The lowest BCUT2D eigenvalue weighted by Crippen LogP contribution is -2.35. The molecule has 1 aliphatic heterocycles. The van der Waals surface area contributed by atoms with E-state index >= 15 is 0 Å². The van der Waals surface area contributed by atoms with Crippen molar-refractivity contribution in [2.75, 3.05) is 16.8 Å². The quantitative estimate of drug-likeness (QED) is 0.901. The molecule has 1 fully saturated rings. The van der Waals surface area contributed by atoms with Crippen LogP contribution in [0.2, 0.25) is 5.02 Å². The molecular weight excluding hydrogens is 258 g/mol. The third-order valence-electron chi connectivity index (χ3n) is 3.03. The molecule has 2 rings (SSSR count). The Kier molecular flexibility index (Phi) is 3.64. The molecule has 3 nitrogen and oxygen atoms in total. The van der Waals surface area contributed by atoms with Gasteiger partial charge in [-0.25, -0.2) is 8.42 Å². The van der Waals surface area contributed by atoms with E-state index in [-0.39, 0.29) is 11.8 Å². The molecule has 1 saturated heterocycles. The Balaban J connectivity index is 2.16. The highest BCUT2D eigenvalue weighted by molar-refractivity contribution is 7.91. The van der Waals surface area contributed by atoms with Crippen LogP contribution in [0.1, 0.15) is 18.4 Å². The van der Waals surface area contributed by atoms with Gasteiger partial charge in [0.2, 0.25) is 0 Å². The van der Waals surface area contributed by atoms with Gasteiger partial charge in [0.1, 0.15) is 0 Å². The number of para-hydroxylation sites is 1. The summed E-state index contributed by atoms with van der Waals surface area (Å²) in [5, 5.41) is 3.91. The van der Waals surface area contributed by atoms with Crippen molar-refractivity contribution < 1.29 is 8.42 Å². The lowest BCUT2D eigenvalue weighted by molar-refractivity contribution is 0.562. The molecule has 0 spiro atoms. The van der Waals surface area contributed by atoms with E-state index in [1.165, 1.54) is 0 Å². The minimum Gasteiger partial charge on any atom is -0.380 e. The average Bonchev–Trinajstić information content (AvgIpc) is 2.22. The summed E-state index contributed by atoms with van der Waals surface area (Å²) in [6.07, 6.45) is 1.60. The smallest absolute Gasteiger partial charge is 0.152 e. The number of nitrogens with one attached hydrogen (secondary N) is 1. The first-order chi connectivity index (χ1) is 7.98. The van der Waals surface area contributed by atoms with E-state index in [0.717, 1.165) is 24.1 Å². The fourth-order valence-electron chi connectivity index (χ4n) is 2.16. The van der Waals surface area contributed by atoms with Crippen LogP contribution in [0.15, 0.2) is 18.2 Å². The summed E-state index contributed by atoms with van der Waals surface area (Å²) in [7, 11) is -2.88. The van der Waals surface area contributed by atoms with Gasteiger partial charge in [-0.1, -0.05) is 23.7 Å². The van der Waals surface area contributed by atoms with Crippen molar-refractivity contribution in [2.45, 2.75) is 25.8 Å². The maximum atomic E-state index is 11.5. The Morgan fingerprint density at radius 2 is 2.18 bits per heavy atom. The van der Waals surface area contributed by atoms with Crippen LogP contribution in [-0.2, 0) is 9.84 Å². The van der Waals surface area contributed by atoms with Crippen LogP contribution in [-0.4, -0.2) is 26.0 Å². The minimum absolute atomic E-state index is 0.0210. The first kappa shape index (κ1) is 12.7. The van der Waals surface area contributed by atoms with Crippen LogP contribution < -0.4 is 5.32 Å². The molecule has 0 amide bonds. The molecule has 0 saturated carbocycles. The maximum absolute atomic E-state index is 11.5. The highest BCUT2D eigenvalue weighted by Crippen LogP contribution is 2.27. The molecule has 94 valence electrons. The normalized spacial score (nSPS) is 23.3. The van der Waals surface area contributed by atoms with Gasteiger partial charge < -0.3 is 5.32 Å². The second-order valence-corrected chi connectivity index (χ2v) is 7.17. The summed E-state index contributed by atoms with van der Waals surface area (Å²) in [6.45, 7) is 1.96. The Morgan fingerprint density at radius 1 is 1.41 bits per heavy atom. The second-order valence-electron chi connectivity index (χ2n) is 4.53.